The summed E-state index contributed by atoms with van der Waals surface area (Å²) in [6.07, 6.45) is 0. The summed E-state index contributed by atoms with van der Waals surface area (Å²) < 4.78 is 5.77. The Morgan fingerprint density at radius 3 is 2.50 bits per heavy atom. The SMILES string of the molecule is CCOc1ccccc1C[NH+]1CCN(c2cccc(C)c2C)CC1. The van der Waals surface area contributed by atoms with Crippen molar-refractivity contribution in [3.63, 3.8) is 0 Å². The van der Waals surface area contributed by atoms with Crippen molar-refractivity contribution < 1.29 is 9.64 Å². The highest BCUT2D eigenvalue weighted by Crippen LogP contribution is 2.22. The molecule has 2 aromatic rings. The van der Waals surface area contributed by atoms with Gasteiger partial charge < -0.3 is 14.5 Å². The van der Waals surface area contributed by atoms with Crippen LogP contribution in [0.1, 0.15) is 23.6 Å². The molecule has 0 aromatic heterocycles. The van der Waals surface area contributed by atoms with Crippen molar-refractivity contribution in [1.29, 1.82) is 0 Å². The van der Waals surface area contributed by atoms with Crippen molar-refractivity contribution in [3.05, 3.63) is 59.2 Å². The molecule has 2 aromatic carbocycles. The molecule has 0 bridgehead atoms. The zero-order valence-corrected chi connectivity index (χ0v) is 15.1. The fourth-order valence-corrected chi connectivity index (χ4v) is 3.53. The molecule has 128 valence electrons. The van der Waals surface area contributed by atoms with Crippen molar-refractivity contribution in [2.24, 2.45) is 0 Å². The van der Waals surface area contributed by atoms with Crippen LogP contribution in [0.2, 0.25) is 0 Å². The third-order valence-electron chi connectivity index (χ3n) is 5.10. The maximum absolute atomic E-state index is 5.77. The van der Waals surface area contributed by atoms with Gasteiger partial charge in [-0.2, -0.15) is 0 Å². The minimum Gasteiger partial charge on any atom is -0.493 e. The zero-order chi connectivity index (χ0) is 16.9. The van der Waals surface area contributed by atoms with Crippen molar-refractivity contribution in [2.75, 3.05) is 37.7 Å². The first-order chi connectivity index (χ1) is 11.7. The van der Waals surface area contributed by atoms with E-state index in [2.05, 4.69) is 61.2 Å². The van der Waals surface area contributed by atoms with Gasteiger partial charge in [-0.15, -0.1) is 0 Å². The second-order valence-corrected chi connectivity index (χ2v) is 6.67. The predicted molar refractivity (Wildman–Crippen MR) is 100 cm³/mol. The van der Waals surface area contributed by atoms with Gasteiger partial charge in [0.2, 0.25) is 0 Å². The van der Waals surface area contributed by atoms with E-state index in [9.17, 15) is 0 Å². The monoisotopic (exact) mass is 325 g/mol. The Morgan fingerprint density at radius 1 is 1.00 bits per heavy atom. The molecule has 0 spiro atoms. The average molecular weight is 325 g/mol. The van der Waals surface area contributed by atoms with E-state index in [1.165, 1.54) is 35.5 Å². The molecule has 1 heterocycles. The molecular weight excluding hydrogens is 296 g/mol. The van der Waals surface area contributed by atoms with Gasteiger partial charge in [-0.3, -0.25) is 0 Å². The summed E-state index contributed by atoms with van der Waals surface area (Å²) in [6.45, 7) is 12.9. The van der Waals surface area contributed by atoms with E-state index < -0.39 is 0 Å². The Morgan fingerprint density at radius 2 is 1.75 bits per heavy atom. The fraction of sp³-hybridized carbons (Fsp3) is 0.429. The number of nitrogens with one attached hydrogen (secondary N) is 1. The van der Waals surface area contributed by atoms with E-state index in [0.717, 1.165) is 32.0 Å². The van der Waals surface area contributed by atoms with Gasteiger partial charge >= 0.3 is 0 Å². The molecule has 0 aliphatic carbocycles. The van der Waals surface area contributed by atoms with Crippen LogP contribution in [0.15, 0.2) is 42.5 Å². The minimum absolute atomic E-state index is 0.729. The van der Waals surface area contributed by atoms with Crippen LogP contribution in [0.5, 0.6) is 5.75 Å². The number of hydrogen-bond donors (Lipinski definition) is 1. The van der Waals surface area contributed by atoms with Gasteiger partial charge in [0.15, 0.2) is 0 Å². The molecule has 0 amide bonds. The van der Waals surface area contributed by atoms with Crippen molar-refractivity contribution in [3.8, 4) is 5.75 Å². The normalized spacial score (nSPS) is 15.5. The second-order valence-electron chi connectivity index (χ2n) is 6.67. The van der Waals surface area contributed by atoms with Crippen LogP contribution < -0.4 is 14.5 Å². The van der Waals surface area contributed by atoms with Crippen molar-refractivity contribution in [1.82, 2.24) is 0 Å². The number of piperazine rings is 1. The van der Waals surface area contributed by atoms with E-state index in [0.29, 0.717) is 0 Å². The van der Waals surface area contributed by atoms with Crippen LogP contribution in [0.25, 0.3) is 0 Å². The number of quaternary nitrogens is 1. The smallest absolute Gasteiger partial charge is 0.128 e. The quantitative estimate of drug-likeness (QED) is 0.910. The standard InChI is InChI=1S/C21H28N2O/c1-4-24-21-11-6-5-9-19(21)16-22-12-14-23(15-13-22)20-10-7-8-17(2)18(20)3/h5-11H,4,12-16H2,1-3H3/p+1. The maximum atomic E-state index is 5.77. The van der Waals surface area contributed by atoms with Crippen LogP contribution in [0.4, 0.5) is 5.69 Å². The van der Waals surface area contributed by atoms with E-state index >= 15 is 0 Å². The predicted octanol–water partition coefficient (Wildman–Crippen LogP) is 2.61. The number of para-hydroxylation sites is 1. The van der Waals surface area contributed by atoms with Gasteiger partial charge in [0.1, 0.15) is 12.3 Å². The third kappa shape index (κ3) is 3.73. The summed E-state index contributed by atoms with van der Waals surface area (Å²) in [5, 5.41) is 0. The number of rotatable bonds is 5. The number of anilines is 1. The summed E-state index contributed by atoms with van der Waals surface area (Å²) >= 11 is 0. The Hall–Kier alpha value is -2.00. The molecule has 24 heavy (non-hydrogen) atoms. The molecular formula is C21H29N2O+. The highest BCUT2D eigenvalue weighted by molar-refractivity contribution is 5.56. The maximum Gasteiger partial charge on any atom is 0.128 e. The van der Waals surface area contributed by atoms with Gasteiger partial charge in [0.05, 0.1) is 32.8 Å². The minimum atomic E-state index is 0.729. The molecule has 1 fully saturated rings. The molecule has 0 radical (unpaired) electrons. The van der Waals surface area contributed by atoms with Crippen LogP contribution in [0.3, 0.4) is 0 Å². The molecule has 1 aliphatic heterocycles. The Balaban J connectivity index is 1.62. The molecule has 1 saturated heterocycles. The lowest BCUT2D eigenvalue weighted by atomic mass is 10.1. The number of ether oxygens (including phenoxy) is 1. The van der Waals surface area contributed by atoms with E-state index in [1.54, 1.807) is 4.90 Å². The first kappa shape index (κ1) is 16.8. The summed E-state index contributed by atoms with van der Waals surface area (Å²) in [6, 6.07) is 15.1. The van der Waals surface area contributed by atoms with Gasteiger partial charge in [-0.1, -0.05) is 24.3 Å². The van der Waals surface area contributed by atoms with E-state index in [1.807, 2.05) is 6.92 Å². The Labute approximate surface area is 145 Å². The van der Waals surface area contributed by atoms with Gasteiger partial charge in [0.25, 0.3) is 0 Å². The van der Waals surface area contributed by atoms with Crippen LogP contribution in [-0.2, 0) is 6.54 Å². The summed E-state index contributed by atoms with van der Waals surface area (Å²) in [5.41, 5.74) is 5.54. The fourth-order valence-electron chi connectivity index (χ4n) is 3.53. The molecule has 3 heteroatoms. The number of aryl methyl sites for hydroxylation is 1. The van der Waals surface area contributed by atoms with Crippen LogP contribution in [-0.4, -0.2) is 32.8 Å². The molecule has 1 aliphatic rings. The lowest BCUT2D eigenvalue weighted by Gasteiger charge is -2.35. The average Bonchev–Trinajstić information content (AvgIpc) is 2.60. The number of benzene rings is 2. The molecule has 0 saturated carbocycles. The van der Waals surface area contributed by atoms with E-state index in [4.69, 9.17) is 4.74 Å². The zero-order valence-electron chi connectivity index (χ0n) is 15.1. The number of hydrogen-bond acceptors (Lipinski definition) is 2. The highest BCUT2D eigenvalue weighted by Gasteiger charge is 2.22. The van der Waals surface area contributed by atoms with Crippen molar-refractivity contribution in [2.45, 2.75) is 27.3 Å². The highest BCUT2D eigenvalue weighted by atomic mass is 16.5. The summed E-state index contributed by atoms with van der Waals surface area (Å²) in [5.74, 6) is 1.05. The largest absolute Gasteiger partial charge is 0.493 e. The molecule has 1 N–H and O–H groups in total. The summed E-state index contributed by atoms with van der Waals surface area (Å²) in [7, 11) is 0. The van der Waals surface area contributed by atoms with Gasteiger partial charge in [0, 0.05) is 11.3 Å². The van der Waals surface area contributed by atoms with Gasteiger partial charge in [-0.05, 0) is 50.1 Å². The lowest BCUT2D eigenvalue weighted by molar-refractivity contribution is -0.914. The third-order valence-corrected chi connectivity index (χ3v) is 5.10. The van der Waals surface area contributed by atoms with E-state index in [-0.39, 0.29) is 0 Å². The molecule has 0 atom stereocenters. The molecule has 0 unspecified atom stereocenters. The molecule has 3 rings (SSSR count). The molecule has 3 nitrogen and oxygen atoms in total. The second kappa shape index (κ2) is 7.71. The Kier molecular flexibility index (Phi) is 5.41. The first-order valence-corrected chi connectivity index (χ1v) is 9.04. The number of nitrogens with zero attached hydrogens (tertiary/aromatic N) is 1. The summed E-state index contributed by atoms with van der Waals surface area (Å²) in [4.78, 5) is 4.18. The van der Waals surface area contributed by atoms with Gasteiger partial charge in [-0.25, -0.2) is 0 Å². The first-order valence-electron chi connectivity index (χ1n) is 9.04. The lowest BCUT2D eigenvalue weighted by Crippen LogP contribution is -3.13. The van der Waals surface area contributed by atoms with Crippen molar-refractivity contribution >= 4 is 5.69 Å². The van der Waals surface area contributed by atoms with Crippen LogP contribution >= 0.6 is 0 Å². The topological polar surface area (TPSA) is 16.9 Å². The Bertz CT molecular complexity index is 675. The van der Waals surface area contributed by atoms with Crippen LogP contribution in [0, 0.1) is 13.8 Å².